The lowest BCUT2D eigenvalue weighted by Crippen LogP contribution is -1.67. The van der Waals surface area contributed by atoms with Crippen molar-refractivity contribution in [1.29, 1.82) is 0 Å². The third-order valence-corrected chi connectivity index (χ3v) is 1.48. The molecule has 0 saturated carbocycles. The van der Waals surface area contributed by atoms with Gasteiger partial charge in [-0.1, -0.05) is 17.7 Å². The second kappa shape index (κ2) is 1.23. The van der Waals surface area contributed by atoms with Crippen LogP contribution in [0.3, 0.4) is 0 Å². The summed E-state index contributed by atoms with van der Waals surface area (Å²) in [5.74, 6) is 0. The van der Waals surface area contributed by atoms with Gasteiger partial charge in [0, 0.05) is 6.42 Å². The Bertz CT molecular complexity index is 231. The molecule has 0 bridgehead atoms. The van der Waals surface area contributed by atoms with E-state index in [9.17, 15) is 0 Å². The van der Waals surface area contributed by atoms with Crippen molar-refractivity contribution in [3.63, 3.8) is 0 Å². The van der Waals surface area contributed by atoms with E-state index in [4.69, 9.17) is 11.6 Å². The molecule has 1 nitrogen and oxygen atoms in total. The number of hydrogen-bond acceptors (Lipinski definition) is 1. The highest BCUT2D eigenvalue weighted by molar-refractivity contribution is 6.29. The molecule has 1 heterocycles. The molecule has 0 atom stereocenters. The minimum atomic E-state index is 0.612. The number of halogens is 1. The summed E-state index contributed by atoms with van der Waals surface area (Å²) in [6, 6.07) is 3.85. The molecule has 0 spiro atoms. The summed E-state index contributed by atoms with van der Waals surface area (Å²) in [7, 11) is 0. The average molecular weight is 126 g/mol. The second-order valence-corrected chi connectivity index (χ2v) is 2.30. The summed E-state index contributed by atoms with van der Waals surface area (Å²) < 4.78 is 0. The van der Waals surface area contributed by atoms with Gasteiger partial charge in [-0.15, -0.1) is 0 Å². The van der Waals surface area contributed by atoms with Crippen LogP contribution in [-0.4, -0.2) is 4.98 Å². The molecule has 0 radical (unpaired) electrons. The molecule has 0 amide bonds. The van der Waals surface area contributed by atoms with Crippen molar-refractivity contribution in [1.82, 2.24) is 4.98 Å². The molecule has 0 aromatic carbocycles. The van der Waals surface area contributed by atoms with Crippen molar-refractivity contribution in [3.8, 4) is 0 Å². The van der Waals surface area contributed by atoms with E-state index in [0.717, 1.165) is 12.1 Å². The van der Waals surface area contributed by atoms with E-state index in [2.05, 4.69) is 4.98 Å². The largest absolute Gasteiger partial charge is 0.241 e. The van der Waals surface area contributed by atoms with Crippen molar-refractivity contribution in [3.05, 3.63) is 28.5 Å². The van der Waals surface area contributed by atoms with E-state index < -0.39 is 0 Å². The minimum Gasteiger partial charge on any atom is -0.241 e. The molecule has 0 saturated heterocycles. The van der Waals surface area contributed by atoms with Gasteiger partial charge in [-0.2, -0.15) is 0 Å². The third kappa shape index (κ3) is 0.514. The Kier molecular flexibility index (Phi) is 0.667. The Morgan fingerprint density at radius 2 is 2.38 bits per heavy atom. The average Bonchev–Trinajstić information content (AvgIpc) is 2.43. The van der Waals surface area contributed by atoms with Gasteiger partial charge in [0.25, 0.3) is 0 Å². The van der Waals surface area contributed by atoms with Crippen molar-refractivity contribution < 1.29 is 0 Å². The summed E-state index contributed by atoms with van der Waals surface area (Å²) in [6.45, 7) is 0. The second-order valence-electron chi connectivity index (χ2n) is 1.92. The number of aromatic nitrogens is 1. The molecule has 1 aromatic heterocycles. The maximum atomic E-state index is 5.57. The standard InChI is InChI=1S/C6H4ClN/c7-6-2-1-4-3-5(4)8-6/h1-2H,3H2. The Morgan fingerprint density at radius 3 is 3.00 bits per heavy atom. The normalized spacial score (nSPS) is 13.1. The van der Waals surface area contributed by atoms with E-state index in [0.29, 0.717) is 5.15 Å². The first-order valence-corrected chi connectivity index (χ1v) is 2.88. The molecular formula is C6H4ClN. The fourth-order valence-corrected chi connectivity index (χ4v) is 0.903. The van der Waals surface area contributed by atoms with E-state index in [1.165, 1.54) is 5.56 Å². The molecule has 2 heteroatoms. The van der Waals surface area contributed by atoms with Gasteiger partial charge < -0.3 is 0 Å². The van der Waals surface area contributed by atoms with Crippen LogP contribution in [0.2, 0.25) is 5.15 Å². The van der Waals surface area contributed by atoms with Crippen molar-refractivity contribution >= 4 is 11.6 Å². The van der Waals surface area contributed by atoms with Gasteiger partial charge in [-0.25, -0.2) is 4.98 Å². The molecule has 8 heavy (non-hydrogen) atoms. The van der Waals surface area contributed by atoms with Crippen molar-refractivity contribution in [2.24, 2.45) is 0 Å². The van der Waals surface area contributed by atoms with Crippen LogP contribution in [0.25, 0.3) is 0 Å². The zero-order chi connectivity index (χ0) is 5.56. The maximum Gasteiger partial charge on any atom is 0.129 e. The van der Waals surface area contributed by atoms with Crippen LogP contribution >= 0.6 is 11.6 Å². The predicted molar refractivity (Wildman–Crippen MR) is 32.1 cm³/mol. The number of fused-ring (bicyclic) bond motifs is 1. The van der Waals surface area contributed by atoms with Gasteiger partial charge in [0.2, 0.25) is 0 Å². The zero-order valence-electron chi connectivity index (χ0n) is 4.19. The molecule has 1 aliphatic carbocycles. The number of nitrogens with zero attached hydrogens (tertiary/aromatic N) is 1. The lowest BCUT2D eigenvalue weighted by atomic mass is 10.5. The van der Waals surface area contributed by atoms with Crippen LogP contribution in [0.5, 0.6) is 0 Å². The summed E-state index contributed by atoms with van der Waals surface area (Å²) in [6.07, 6.45) is 1.05. The molecule has 1 aliphatic rings. The molecule has 2 rings (SSSR count). The first kappa shape index (κ1) is 4.33. The fraction of sp³-hybridized carbons (Fsp3) is 0.167. The minimum absolute atomic E-state index is 0.612. The first-order valence-electron chi connectivity index (χ1n) is 2.50. The number of rotatable bonds is 0. The quantitative estimate of drug-likeness (QED) is 0.488. The highest BCUT2D eigenvalue weighted by Crippen LogP contribution is 2.25. The zero-order valence-corrected chi connectivity index (χ0v) is 4.94. The van der Waals surface area contributed by atoms with E-state index >= 15 is 0 Å². The Morgan fingerprint density at radius 1 is 1.50 bits per heavy atom. The summed E-state index contributed by atoms with van der Waals surface area (Å²) in [5, 5.41) is 0.612. The lowest BCUT2D eigenvalue weighted by molar-refractivity contribution is 1.31. The third-order valence-electron chi connectivity index (χ3n) is 1.27. The summed E-state index contributed by atoms with van der Waals surface area (Å²) in [5.41, 5.74) is 2.51. The van der Waals surface area contributed by atoms with Crippen LogP contribution in [0.4, 0.5) is 0 Å². The van der Waals surface area contributed by atoms with Crippen molar-refractivity contribution in [2.75, 3.05) is 0 Å². The van der Waals surface area contributed by atoms with Crippen LogP contribution in [0, 0.1) is 0 Å². The molecule has 0 aliphatic heterocycles. The number of hydrogen-bond donors (Lipinski definition) is 0. The molecule has 0 unspecified atom stereocenters. The predicted octanol–water partition coefficient (Wildman–Crippen LogP) is 1.64. The topological polar surface area (TPSA) is 12.9 Å². The molecule has 0 fully saturated rings. The van der Waals surface area contributed by atoms with Crippen LogP contribution in [0.15, 0.2) is 12.1 Å². The van der Waals surface area contributed by atoms with Crippen molar-refractivity contribution in [2.45, 2.75) is 6.42 Å². The highest BCUT2D eigenvalue weighted by atomic mass is 35.5. The molecular weight excluding hydrogens is 122 g/mol. The fourth-order valence-electron chi connectivity index (χ4n) is 0.738. The first-order chi connectivity index (χ1) is 3.86. The Labute approximate surface area is 52.3 Å². The van der Waals surface area contributed by atoms with Crippen LogP contribution in [-0.2, 0) is 6.42 Å². The van der Waals surface area contributed by atoms with Gasteiger partial charge in [0.05, 0.1) is 5.69 Å². The smallest absolute Gasteiger partial charge is 0.129 e. The van der Waals surface area contributed by atoms with Gasteiger partial charge in [0.1, 0.15) is 5.15 Å². The number of pyridine rings is 1. The summed E-state index contributed by atoms with van der Waals surface area (Å²) in [4.78, 5) is 4.03. The van der Waals surface area contributed by atoms with E-state index in [1.54, 1.807) is 0 Å². The SMILES string of the molecule is Clc1ccc2c(n1)C2. The highest BCUT2D eigenvalue weighted by Gasteiger charge is 2.17. The Hall–Kier alpha value is -0.560. The van der Waals surface area contributed by atoms with E-state index in [1.807, 2.05) is 12.1 Å². The van der Waals surface area contributed by atoms with Crippen LogP contribution < -0.4 is 0 Å². The van der Waals surface area contributed by atoms with Gasteiger partial charge >= 0.3 is 0 Å². The molecule has 0 N–H and O–H groups in total. The van der Waals surface area contributed by atoms with Gasteiger partial charge in [-0.3, -0.25) is 0 Å². The summed E-state index contributed by atoms with van der Waals surface area (Å²) >= 11 is 5.57. The van der Waals surface area contributed by atoms with Crippen LogP contribution in [0.1, 0.15) is 11.3 Å². The molecule has 40 valence electrons. The van der Waals surface area contributed by atoms with Gasteiger partial charge in [-0.05, 0) is 11.6 Å². The Balaban J connectivity index is 2.64. The lowest BCUT2D eigenvalue weighted by Gasteiger charge is -1.79. The van der Waals surface area contributed by atoms with Gasteiger partial charge in [0.15, 0.2) is 0 Å². The monoisotopic (exact) mass is 125 g/mol. The van der Waals surface area contributed by atoms with E-state index in [-0.39, 0.29) is 0 Å². The molecule has 1 aromatic rings. The maximum absolute atomic E-state index is 5.57.